The standard InChI is InChI=1S/C7H6F2N2O2S2/c8-6(9)4-11-15(12,13)7-2-1-5(3-10)14-7/h1-2,6,11H,4H2. The second kappa shape index (κ2) is 4.65. The predicted octanol–water partition coefficient (Wildman–Crippen LogP) is 1.16. The van der Waals surface area contributed by atoms with E-state index >= 15 is 0 Å². The molecular weight excluding hydrogens is 246 g/mol. The fourth-order valence-electron chi connectivity index (χ4n) is 0.768. The van der Waals surface area contributed by atoms with Gasteiger partial charge in [0.1, 0.15) is 15.2 Å². The Morgan fingerprint density at radius 1 is 1.53 bits per heavy atom. The van der Waals surface area contributed by atoms with E-state index in [-0.39, 0.29) is 9.09 Å². The molecule has 1 rings (SSSR count). The van der Waals surface area contributed by atoms with Crippen LogP contribution in [0.4, 0.5) is 8.78 Å². The highest BCUT2D eigenvalue weighted by molar-refractivity contribution is 7.91. The first-order chi connectivity index (χ1) is 6.95. The Kier molecular flexibility index (Phi) is 3.73. The molecule has 0 atom stereocenters. The number of nitriles is 1. The molecule has 4 nitrogen and oxygen atoms in total. The molecule has 15 heavy (non-hydrogen) atoms. The molecule has 0 aliphatic carbocycles. The van der Waals surface area contributed by atoms with E-state index in [2.05, 4.69) is 0 Å². The third-order valence-corrected chi connectivity index (χ3v) is 4.29. The molecule has 0 saturated heterocycles. The van der Waals surface area contributed by atoms with Crippen molar-refractivity contribution in [1.29, 1.82) is 5.26 Å². The number of rotatable bonds is 4. The lowest BCUT2D eigenvalue weighted by Crippen LogP contribution is -2.27. The fourth-order valence-corrected chi connectivity index (χ4v) is 2.92. The minimum Gasteiger partial charge on any atom is -0.209 e. The van der Waals surface area contributed by atoms with Crippen molar-refractivity contribution in [3.8, 4) is 6.07 Å². The summed E-state index contributed by atoms with van der Waals surface area (Å²) in [5, 5.41) is 8.46. The Morgan fingerprint density at radius 3 is 2.67 bits per heavy atom. The lowest BCUT2D eigenvalue weighted by Gasteiger charge is -2.02. The second-order valence-corrected chi connectivity index (χ2v) is 5.55. The maximum absolute atomic E-state index is 11.8. The Balaban J connectivity index is 2.83. The zero-order chi connectivity index (χ0) is 11.5. The highest BCUT2D eigenvalue weighted by Gasteiger charge is 2.18. The van der Waals surface area contributed by atoms with Gasteiger partial charge in [-0.2, -0.15) is 5.26 Å². The minimum atomic E-state index is -3.91. The third kappa shape index (κ3) is 3.23. The summed E-state index contributed by atoms with van der Waals surface area (Å²) < 4.78 is 47.8. The summed E-state index contributed by atoms with van der Waals surface area (Å²) in [5.41, 5.74) is 0. The first kappa shape index (κ1) is 12.0. The van der Waals surface area contributed by atoms with Gasteiger partial charge in [0.05, 0.1) is 6.54 Å². The van der Waals surface area contributed by atoms with E-state index in [1.165, 1.54) is 12.1 Å². The molecule has 0 radical (unpaired) electrons. The topological polar surface area (TPSA) is 70.0 Å². The zero-order valence-electron chi connectivity index (χ0n) is 7.28. The quantitative estimate of drug-likeness (QED) is 0.874. The molecule has 8 heteroatoms. The molecule has 0 bridgehead atoms. The molecule has 1 N–H and O–H groups in total. The van der Waals surface area contributed by atoms with Crippen LogP contribution in [0.25, 0.3) is 0 Å². The van der Waals surface area contributed by atoms with E-state index in [4.69, 9.17) is 5.26 Å². The molecule has 0 aromatic carbocycles. The lowest BCUT2D eigenvalue weighted by molar-refractivity contribution is 0.153. The van der Waals surface area contributed by atoms with Gasteiger partial charge in [-0.05, 0) is 12.1 Å². The Hall–Kier alpha value is -1.04. The Morgan fingerprint density at radius 2 is 2.20 bits per heavy atom. The molecule has 1 aromatic rings. The molecule has 1 aromatic heterocycles. The summed E-state index contributed by atoms with van der Waals surface area (Å²) in [6.07, 6.45) is -2.74. The number of hydrogen-bond acceptors (Lipinski definition) is 4. The van der Waals surface area contributed by atoms with Crippen molar-refractivity contribution < 1.29 is 17.2 Å². The van der Waals surface area contributed by atoms with Crippen LogP contribution >= 0.6 is 11.3 Å². The van der Waals surface area contributed by atoms with E-state index in [9.17, 15) is 17.2 Å². The minimum absolute atomic E-state index is 0.139. The number of halogens is 2. The van der Waals surface area contributed by atoms with Crippen LogP contribution in [0.5, 0.6) is 0 Å². The molecule has 0 aliphatic rings. The summed E-state index contributed by atoms with van der Waals surface area (Å²) in [5.74, 6) is 0. The van der Waals surface area contributed by atoms with Crippen LogP contribution in [0.3, 0.4) is 0 Å². The Bertz CT molecular complexity index is 475. The van der Waals surface area contributed by atoms with Crippen LogP contribution < -0.4 is 4.72 Å². The second-order valence-electron chi connectivity index (χ2n) is 2.47. The number of nitrogens with one attached hydrogen (secondary N) is 1. The van der Waals surface area contributed by atoms with Crippen LogP contribution in [-0.2, 0) is 10.0 Å². The van der Waals surface area contributed by atoms with Gasteiger partial charge in [-0.15, -0.1) is 11.3 Å². The van der Waals surface area contributed by atoms with Crippen LogP contribution in [0, 0.1) is 11.3 Å². The molecule has 0 fully saturated rings. The highest BCUT2D eigenvalue weighted by Crippen LogP contribution is 2.20. The number of alkyl halides is 2. The van der Waals surface area contributed by atoms with Crippen LogP contribution in [-0.4, -0.2) is 21.4 Å². The van der Waals surface area contributed by atoms with Gasteiger partial charge in [0.2, 0.25) is 10.0 Å². The van der Waals surface area contributed by atoms with Gasteiger partial charge in [-0.1, -0.05) is 0 Å². The van der Waals surface area contributed by atoms with E-state index in [0.717, 1.165) is 11.3 Å². The predicted molar refractivity (Wildman–Crippen MR) is 50.2 cm³/mol. The van der Waals surface area contributed by atoms with Crippen molar-refractivity contribution in [2.24, 2.45) is 0 Å². The summed E-state index contributed by atoms with van der Waals surface area (Å²) >= 11 is 0.735. The third-order valence-electron chi connectivity index (χ3n) is 1.38. The van der Waals surface area contributed by atoms with E-state index in [1.807, 2.05) is 0 Å². The van der Waals surface area contributed by atoms with Crippen molar-refractivity contribution in [2.45, 2.75) is 10.6 Å². The van der Waals surface area contributed by atoms with Gasteiger partial charge in [0.15, 0.2) is 0 Å². The van der Waals surface area contributed by atoms with Crippen LogP contribution in [0.1, 0.15) is 4.88 Å². The van der Waals surface area contributed by atoms with Crippen LogP contribution in [0.15, 0.2) is 16.3 Å². The van der Waals surface area contributed by atoms with Crippen molar-refractivity contribution in [3.05, 3.63) is 17.0 Å². The molecule has 0 unspecified atom stereocenters. The van der Waals surface area contributed by atoms with Crippen LogP contribution in [0.2, 0.25) is 0 Å². The van der Waals surface area contributed by atoms with Gasteiger partial charge >= 0.3 is 0 Å². The number of hydrogen-bond donors (Lipinski definition) is 1. The average Bonchev–Trinajstić information content (AvgIpc) is 2.63. The van der Waals surface area contributed by atoms with E-state index in [1.54, 1.807) is 10.8 Å². The molecule has 0 saturated carbocycles. The number of nitrogens with zero attached hydrogens (tertiary/aromatic N) is 1. The Labute approximate surface area is 89.2 Å². The molecule has 0 spiro atoms. The number of sulfonamides is 1. The average molecular weight is 252 g/mol. The zero-order valence-corrected chi connectivity index (χ0v) is 8.91. The van der Waals surface area contributed by atoms with Crippen molar-refractivity contribution in [2.75, 3.05) is 6.54 Å². The maximum Gasteiger partial charge on any atom is 0.251 e. The van der Waals surface area contributed by atoms with E-state index in [0.29, 0.717) is 0 Å². The monoisotopic (exact) mass is 252 g/mol. The number of thiophene rings is 1. The highest BCUT2D eigenvalue weighted by atomic mass is 32.2. The van der Waals surface area contributed by atoms with Gasteiger partial charge in [-0.25, -0.2) is 21.9 Å². The van der Waals surface area contributed by atoms with Gasteiger partial charge < -0.3 is 0 Å². The summed E-state index contributed by atoms with van der Waals surface area (Å²) in [4.78, 5) is 0.215. The van der Waals surface area contributed by atoms with Gasteiger partial charge in [-0.3, -0.25) is 0 Å². The first-order valence-electron chi connectivity index (χ1n) is 3.73. The first-order valence-corrected chi connectivity index (χ1v) is 6.03. The molecular formula is C7H6F2N2O2S2. The molecule has 0 aliphatic heterocycles. The van der Waals surface area contributed by atoms with Gasteiger partial charge in [0.25, 0.3) is 6.43 Å². The van der Waals surface area contributed by atoms with Crippen molar-refractivity contribution in [3.63, 3.8) is 0 Å². The fraction of sp³-hybridized carbons (Fsp3) is 0.286. The smallest absolute Gasteiger partial charge is 0.209 e. The summed E-state index contributed by atoms with van der Waals surface area (Å²) in [7, 11) is -3.91. The SMILES string of the molecule is N#Cc1ccc(S(=O)(=O)NCC(F)F)s1. The van der Waals surface area contributed by atoms with E-state index < -0.39 is 23.0 Å². The summed E-state index contributed by atoms with van der Waals surface area (Å²) in [6.45, 7) is -0.928. The molecule has 0 amide bonds. The van der Waals surface area contributed by atoms with Crippen molar-refractivity contribution >= 4 is 21.4 Å². The normalized spacial score (nSPS) is 11.6. The van der Waals surface area contributed by atoms with Gasteiger partial charge in [0, 0.05) is 0 Å². The molecule has 1 heterocycles. The maximum atomic E-state index is 11.8. The summed E-state index contributed by atoms with van der Waals surface area (Å²) in [6, 6.07) is 4.29. The lowest BCUT2D eigenvalue weighted by atomic mass is 10.5. The van der Waals surface area contributed by atoms with Crippen molar-refractivity contribution in [1.82, 2.24) is 4.72 Å². The molecule has 82 valence electrons. The largest absolute Gasteiger partial charge is 0.251 e.